The van der Waals surface area contributed by atoms with Crippen LogP contribution in [0.5, 0.6) is 0 Å². The van der Waals surface area contributed by atoms with Crippen molar-refractivity contribution in [1.29, 1.82) is 0 Å². The lowest BCUT2D eigenvalue weighted by Gasteiger charge is -2.60. The van der Waals surface area contributed by atoms with Gasteiger partial charge in [-0.15, -0.1) is 0 Å². The maximum Gasteiger partial charge on any atom is 0.307 e. The molecule has 8 heteroatoms. The van der Waals surface area contributed by atoms with Crippen molar-refractivity contribution in [3.8, 4) is 0 Å². The molecule has 8 nitrogen and oxygen atoms in total. The summed E-state index contributed by atoms with van der Waals surface area (Å²) in [5, 5.41) is 34.3. The first-order valence-corrected chi connectivity index (χ1v) is 12.9. The zero-order chi connectivity index (χ0) is 25.9. The van der Waals surface area contributed by atoms with Gasteiger partial charge in [-0.1, -0.05) is 26.3 Å². The number of aliphatic hydroxyl groups excluding tert-OH is 2. The number of Topliss-reactive ketones (excluding diaryl/α,β-unsaturated/α-hetero) is 1. The predicted molar refractivity (Wildman–Crippen MR) is 128 cm³/mol. The number of likely N-dealkylation sites (N-methyl/N-ethyl adjacent to an activating group) is 1. The second-order valence-corrected chi connectivity index (χ2v) is 11.3. The van der Waals surface area contributed by atoms with E-state index in [1.165, 1.54) is 13.0 Å². The maximum atomic E-state index is 13.5. The van der Waals surface area contributed by atoms with Crippen molar-refractivity contribution in [2.24, 2.45) is 28.6 Å². The maximum absolute atomic E-state index is 13.5. The normalized spacial score (nSPS) is 41.3. The fourth-order valence-electron chi connectivity index (χ4n) is 8.05. The lowest BCUT2D eigenvalue weighted by molar-refractivity contribution is -0.191. The van der Waals surface area contributed by atoms with Crippen molar-refractivity contribution >= 4 is 17.5 Å². The fourth-order valence-corrected chi connectivity index (χ4v) is 8.05. The number of hydrogen-bond acceptors (Lipinski definition) is 8. The van der Waals surface area contributed by atoms with Gasteiger partial charge in [0.2, 0.25) is 5.78 Å². The van der Waals surface area contributed by atoms with Crippen LogP contribution in [0.3, 0.4) is 0 Å². The van der Waals surface area contributed by atoms with Gasteiger partial charge in [-0.25, -0.2) is 0 Å². The Balaban J connectivity index is 1.72. The zero-order valence-electron chi connectivity index (χ0n) is 21.4. The van der Waals surface area contributed by atoms with E-state index in [0.29, 0.717) is 32.4 Å². The number of ether oxygens (including phenoxy) is 1. The first-order valence-electron chi connectivity index (χ1n) is 12.9. The number of carbonyl (C=O) groups excluding carboxylic acids is 3. The Labute approximate surface area is 207 Å². The summed E-state index contributed by atoms with van der Waals surface area (Å²) in [6.45, 7) is 9.77. The van der Waals surface area contributed by atoms with Gasteiger partial charge in [0.15, 0.2) is 12.0 Å². The Morgan fingerprint density at radius 1 is 1.20 bits per heavy atom. The van der Waals surface area contributed by atoms with E-state index < -0.39 is 40.5 Å². The third-order valence-electron chi connectivity index (χ3n) is 9.84. The number of fused-ring (bicyclic) bond motifs is 5. The third-order valence-corrected chi connectivity index (χ3v) is 9.84. The standard InChI is InChI=1S/C27H39NO7/c1-6-28(7-2)24(33)23(32)27(34)11-10-19-18-9-8-16-12-17(30)13-21(35-15(3)29)26(16,5)22(18)20(31)14-25(19,27)4/h12-13,18-20,22,24,31,33-34H,6-11,14H2,1-5H3/t18-,19-,20-,22+,24?,25-,26+,27-/m0/s1. The third kappa shape index (κ3) is 3.67. The second kappa shape index (κ2) is 8.91. The minimum absolute atomic E-state index is 0.0505. The number of ketones is 2. The molecule has 3 fully saturated rings. The van der Waals surface area contributed by atoms with Gasteiger partial charge in [-0.2, -0.15) is 0 Å². The predicted octanol–water partition coefficient (Wildman–Crippen LogP) is 2.12. The number of hydrogen-bond donors (Lipinski definition) is 3. The Bertz CT molecular complexity index is 984. The molecule has 8 atom stereocenters. The number of nitrogens with zero attached hydrogens (tertiary/aromatic N) is 1. The topological polar surface area (TPSA) is 124 Å². The Morgan fingerprint density at radius 2 is 1.86 bits per heavy atom. The smallest absolute Gasteiger partial charge is 0.307 e. The highest BCUT2D eigenvalue weighted by molar-refractivity contribution is 6.02. The van der Waals surface area contributed by atoms with Crippen LogP contribution in [0.25, 0.3) is 0 Å². The monoisotopic (exact) mass is 489 g/mol. The Kier molecular flexibility index (Phi) is 6.67. The molecule has 1 unspecified atom stereocenters. The molecule has 0 spiro atoms. The summed E-state index contributed by atoms with van der Waals surface area (Å²) in [5.41, 5.74) is -2.63. The molecule has 0 aliphatic heterocycles. The number of esters is 1. The number of aliphatic hydroxyl groups is 3. The van der Waals surface area contributed by atoms with Crippen molar-refractivity contribution in [3.05, 3.63) is 23.5 Å². The fraction of sp³-hybridized carbons (Fsp3) is 0.741. The molecule has 0 aromatic heterocycles. The van der Waals surface area contributed by atoms with Crippen LogP contribution < -0.4 is 0 Å². The second-order valence-electron chi connectivity index (χ2n) is 11.3. The minimum atomic E-state index is -1.75. The lowest BCUT2D eigenvalue weighted by Crippen LogP contribution is -2.64. The van der Waals surface area contributed by atoms with E-state index in [9.17, 15) is 29.7 Å². The molecule has 0 radical (unpaired) electrons. The Hall–Kier alpha value is -1.87. The lowest BCUT2D eigenvalue weighted by atomic mass is 9.45. The molecule has 4 aliphatic rings. The molecule has 3 N–H and O–H groups in total. The van der Waals surface area contributed by atoms with Crippen LogP contribution in [0.15, 0.2) is 23.5 Å². The van der Waals surface area contributed by atoms with Crippen molar-refractivity contribution in [3.63, 3.8) is 0 Å². The zero-order valence-corrected chi connectivity index (χ0v) is 21.4. The molecule has 0 aromatic rings. The average molecular weight is 490 g/mol. The highest BCUT2D eigenvalue weighted by Crippen LogP contribution is 2.68. The van der Waals surface area contributed by atoms with E-state index in [2.05, 4.69) is 0 Å². The van der Waals surface area contributed by atoms with Crippen LogP contribution in [-0.2, 0) is 19.1 Å². The first kappa shape index (κ1) is 26.2. The largest absolute Gasteiger partial charge is 0.430 e. The first-order chi connectivity index (χ1) is 16.3. The molecular formula is C27H39NO7. The van der Waals surface area contributed by atoms with Gasteiger partial charge < -0.3 is 20.1 Å². The molecule has 0 amide bonds. The molecule has 3 saturated carbocycles. The van der Waals surface area contributed by atoms with E-state index in [1.807, 2.05) is 27.7 Å². The van der Waals surface area contributed by atoms with E-state index in [1.54, 1.807) is 11.0 Å². The minimum Gasteiger partial charge on any atom is -0.430 e. The number of carbonyl (C=O) groups is 3. The van der Waals surface area contributed by atoms with Crippen molar-refractivity contribution in [1.82, 2.24) is 4.90 Å². The average Bonchev–Trinajstić information content (AvgIpc) is 3.05. The van der Waals surface area contributed by atoms with Gasteiger partial charge in [0.25, 0.3) is 0 Å². The number of allylic oxidation sites excluding steroid dienone is 3. The molecular weight excluding hydrogens is 450 g/mol. The highest BCUT2D eigenvalue weighted by atomic mass is 16.5. The van der Waals surface area contributed by atoms with Crippen LogP contribution in [-0.4, -0.2) is 68.8 Å². The van der Waals surface area contributed by atoms with E-state index in [-0.39, 0.29) is 42.1 Å². The van der Waals surface area contributed by atoms with Crippen molar-refractivity contribution in [2.45, 2.75) is 84.7 Å². The van der Waals surface area contributed by atoms with Gasteiger partial charge in [-0.3, -0.25) is 19.3 Å². The summed E-state index contributed by atoms with van der Waals surface area (Å²) in [5.74, 6) is -1.52. The molecule has 4 rings (SSSR count). The molecule has 0 aromatic carbocycles. The summed E-state index contributed by atoms with van der Waals surface area (Å²) in [4.78, 5) is 39.4. The summed E-state index contributed by atoms with van der Waals surface area (Å²) in [7, 11) is 0. The molecule has 4 aliphatic carbocycles. The highest BCUT2D eigenvalue weighted by Gasteiger charge is 2.69. The molecule has 0 saturated heterocycles. The SMILES string of the molecule is CCN(CC)C(O)C(=O)[C@@]1(O)CC[C@H]2[C@@H]3CCC4=CC(=O)C=C(OC(C)=O)[C@]4(C)[C@H]3[C@@H](O)C[C@@]21C. The molecule has 35 heavy (non-hydrogen) atoms. The van der Waals surface area contributed by atoms with Crippen LogP contribution in [0, 0.1) is 28.6 Å². The van der Waals surface area contributed by atoms with Crippen LogP contribution in [0.2, 0.25) is 0 Å². The van der Waals surface area contributed by atoms with Gasteiger partial charge >= 0.3 is 5.97 Å². The van der Waals surface area contributed by atoms with E-state index >= 15 is 0 Å². The van der Waals surface area contributed by atoms with Crippen molar-refractivity contribution in [2.75, 3.05) is 13.1 Å². The summed E-state index contributed by atoms with van der Waals surface area (Å²) in [6.07, 6.45) is 2.96. The molecule has 0 heterocycles. The Morgan fingerprint density at radius 3 is 2.46 bits per heavy atom. The quantitative estimate of drug-likeness (QED) is 0.383. The van der Waals surface area contributed by atoms with E-state index in [4.69, 9.17) is 4.74 Å². The van der Waals surface area contributed by atoms with Gasteiger partial charge in [0.05, 0.1) is 11.5 Å². The number of rotatable bonds is 6. The van der Waals surface area contributed by atoms with E-state index in [0.717, 1.165) is 5.57 Å². The van der Waals surface area contributed by atoms with Gasteiger partial charge in [-0.05, 0) is 70.0 Å². The molecule has 194 valence electrons. The van der Waals surface area contributed by atoms with Crippen LogP contribution >= 0.6 is 0 Å². The van der Waals surface area contributed by atoms with Gasteiger partial charge in [0.1, 0.15) is 11.4 Å². The van der Waals surface area contributed by atoms with Crippen LogP contribution in [0.1, 0.15) is 66.7 Å². The summed E-state index contributed by atoms with van der Waals surface area (Å²) < 4.78 is 5.54. The van der Waals surface area contributed by atoms with Crippen LogP contribution in [0.4, 0.5) is 0 Å². The summed E-state index contributed by atoms with van der Waals surface area (Å²) in [6, 6.07) is 0. The molecule has 0 bridgehead atoms. The van der Waals surface area contributed by atoms with Crippen molar-refractivity contribution < 1.29 is 34.4 Å². The van der Waals surface area contributed by atoms with Gasteiger partial charge in [0, 0.05) is 24.3 Å². The summed E-state index contributed by atoms with van der Waals surface area (Å²) >= 11 is 0.